The van der Waals surface area contributed by atoms with Crippen LogP contribution in [0.1, 0.15) is 54.3 Å². The molecule has 0 unspecified atom stereocenters. The molecular formula is C19H30N4O3. The largest absolute Gasteiger partial charge is 0.381 e. The van der Waals surface area contributed by atoms with E-state index in [1.54, 1.807) is 7.05 Å². The molecule has 1 atom stereocenters. The molecule has 3 heterocycles. The van der Waals surface area contributed by atoms with Crippen LogP contribution in [0.3, 0.4) is 0 Å². The lowest BCUT2D eigenvalue weighted by molar-refractivity contribution is -0.124. The molecule has 1 aromatic rings. The Labute approximate surface area is 155 Å². The zero-order valence-corrected chi connectivity index (χ0v) is 15.8. The Hall–Kier alpha value is -1.86. The summed E-state index contributed by atoms with van der Waals surface area (Å²) in [5.41, 5.74) is 1.75. The topological polar surface area (TPSA) is 75.6 Å². The average molecular weight is 362 g/mol. The van der Waals surface area contributed by atoms with Crippen LogP contribution in [-0.4, -0.2) is 60.7 Å². The number of piperidine rings is 1. The van der Waals surface area contributed by atoms with Gasteiger partial charge in [0, 0.05) is 39.0 Å². The van der Waals surface area contributed by atoms with Crippen molar-refractivity contribution < 1.29 is 14.3 Å². The summed E-state index contributed by atoms with van der Waals surface area (Å²) in [6, 6.07) is 4.29. The molecule has 144 valence electrons. The highest BCUT2D eigenvalue weighted by atomic mass is 16.5. The van der Waals surface area contributed by atoms with E-state index in [2.05, 4.69) is 15.5 Å². The first-order valence-corrected chi connectivity index (χ1v) is 9.59. The number of amides is 2. The molecule has 1 aromatic heterocycles. The van der Waals surface area contributed by atoms with E-state index in [-0.39, 0.29) is 23.9 Å². The van der Waals surface area contributed by atoms with Gasteiger partial charge in [0.05, 0.1) is 12.6 Å². The first-order valence-electron chi connectivity index (χ1n) is 9.59. The number of hydrogen-bond acceptors (Lipinski definition) is 4. The summed E-state index contributed by atoms with van der Waals surface area (Å²) in [5, 5.41) is 5.83. The van der Waals surface area contributed by atoms with Gasteiger partial charge in [-0.2, -0.15) is 0 Å². The van der Waals surface area contributed by atoms with Gasteiger partial charge in [-0.05, 0) is 44.4 Å². The molecule has 2 saturated heterocycles. The number of nitrogens with zero attached hydrogens (tertiary/aromatic N) is 2. The zero-order valence-electron chi connectivity index (χ0n) is 15.8. The molecule has 0 saturated carbocycles. The van der Waals surface area contributed by atoms with Gasteiger partial charge in [0.15, 0.2) is 0 Å². The molecule has 2 N–H and O–H groups in total. The van der Waals surface area contributed by atoms with E-state index in [9.17, 15) is 9.59 Å². The third-order valence-corrected chi connectivity index (χ3v) is 5.51. The molecule has 0 radical (unpaired) electrons. The Bertz CT molecular complexity index is 637. The molecular weight excluding hydrogens is 332 g/mol. The van der Waals surface area contributed by atoms with Crippen molar-refractivity contribution in [2.45, 2.75) is 44.2 Å². The molecule has 7 nitrogen and oxygen atoms in total. The van der Waals surface area contributed by atoms with Gasteiger partial charge >= 0.3 is 0 Å². The van der Waals surface area contributed by atoms with Crippen LogP contribution in [0.2, 0.25) is 0 Å². The van der Waals surface area contributed by atoms with Crippen molar-refractivity contribution in [3.05, 3.63) is 23.5 Å². The molecule has 0 aromatic carbocycles. The van der Waals surface area contributed by atoms with Gasteiger partial charge in [0.2, 0.25) is 5.91 Å². The van der Waals surface area contributed by atoms with Crippen molar-refractivity contribution in [3.63, 3.8) is 0 Å². The van der Waals surface area contributed by atoms with Crippen LogP contribution in [0.25, 0.3) is 0 Å². The minimum atomic E-state index is -0.0848. The van der Waals surface area contributed by atoms with Crippen molar-refractivity contribution in [1.82, 2.24) is 20.1 Å². The van der Waals surface area contributed by atoms with Crippen molar-refractivity contribution in [1.29, 1.82) is 0 Å². The average Bonchev–Trinajstić information content (AvgIpc) is 3.03. The Morgan fingerprint density at radius 1 is 1.19 bits per heavy atom. The summed E-state index contributed by atoms with van der Waals surface area (Å²) in [6.07, 6.45) is 5.04. The van der Waals surface area contributed by atoms with Gasteiger partial charge in [-0.15, -0.1) is 0 Å². The summed E-state index contributed by atoms with van der Waals surface area (Å²) in [7, 11) is 3.57. The van der Waals surface area contributed by atoms with E-state index in [4.69, 9.17) is 4.74 Å². The van der Waals surface area contributed by atoms with Crippen molar-refractivity contribution in [3.8, 4) is 0 Å². The second-order valence-electron chi connectivity index (χ2n) is 7.22. The van der Waals surface area contributed by atoms with Crippen LogP contribution in [0.15, 0.2) is 12.1 Å². The fourth-order valence-corrected chi connectivity index (χ4v) is 4.03. The molecule has 7 heteroatoms. The van der Waals surface area contributed by atoms with Gasteiger partial charge < -0.3 is 19.9 Å². The second kappa shape index (κ2) is 8.68. The van der Waals surface area contributed by atoms with Gasteiger partial charge in [-0.3, -0.25) is 14.5 Å². The normalized spacial score (nSPS) is 22.2. The van der Waals surface area contributed by atoms with Crippen molar-refractivity contribution in [2.24, 2.45) is 7.05 Å². The predicted octanol–water partition coefficient (Wildman–Crippen LogP) is 1.21. The number of rotatable bonds is 5. The highest BCUT2D eigenvalue weighted by molar-refractivity contribution is 5.92. The zero-order chi connectivity index (χ0) is 18.5. The van der Waals surface area contributed by atoms with Crippen LogP contribution in [0, 0.1) is 0 Å². The lowest BCUT2D eigenvalue weighted by Gasteiger charge is -2.36. The van der Waals surface area contributed by atoms with Crippen LogP contribution < -0.4 is 10.6 Å². The van der Waals surface area contributed by atoms with Crippen LogP contribution in [0.4, 0.5) is 0 Å². The number of carbonyl (C=O) groups excluding carboxylic acids is 2. The van der Waals surface area contributed by atoms with E-state index in [1.165, 1.54) is 0 Å². The molecule has 2 aliphatic heterocycles. The molecule has 3 rings (SSSR count). The highest BCUT2D eigenvalue weighted by Gasteiger charge is 2.29. The lowest BCUT2D eigenvalue weighted by atomic mass is 9.99. The summed E-state index contributed by atoms with van der Waals surface area (Å²) in [4.78, 5) is 26.8. The molecule has 0 spiro atoms. The van der Waals surface area contributed by atoms with Gasteiger partial charge in [-0.25, -0.2) is 0 Å². The maximum absolute atomic E-state index is 12.5. The highest BCUT2D eigenvalue weighted by Crippen LogP contribution is 2.31. The smallest absolute Gasteiger partial charge is 0.267 e. The maximum atomic E-state index is 12.5. The van der Waals surface area contributed by atoms with E-state index in [0.717, 1.165) is 57.6 Å². The third-order valence-electron chi connectivity index (χ3n) is 5.51. The minimum Gasteiger partial charge on any atom is -0.381 e. The monoisotopic (exact) mass is 362 g/mol. The van der Waals surface area contributed by atoms with Gasteiger partial charge in [0.1, 0.15) is 5.69 Å². The lowest BCUT2D eigenvalue weighted by Crippen LogP contribution is -2.46. The maximum Gasteiger partial charge on any atom is 0.267 e. The number of aromatic nitrogens is 1. The van der Waals surface area contributed by atoms with Crippen LogP contribution in [-0.2, 0) is 16.6 Å². The standard InChI is InChI=1S/C19H30N4O3/c1-20-19(25)17-7-6-15(22(17)2)16-5-3-4-10-23(16)13-18(24)21-14-8-11-26-12-9-14/h6-7,14,16H,3-5,8-13H2,1-2H3,(H,20,25)(H,21,24)/t16-/m1/s1. The summed E-state index contributed by atoms with van der Waals surface area (Å²) < 4.78 is 7.31. The number of likely N-dealkylation sites (tertiary alicyclic amines) is 1. The van der Waals surface area contributed by atoms with E-state index >= 15 is 0 Å². The molecule has 0 bridgehead atoms. The molecule has 2 aliphatic rings. The number of nitrogens with one attached hydrogen (secondary N) is 2. The SMILES string of the molecule is CNC(=O)c1ccc([C@H]2CCCCN2CC(=O)NC2CCOCC2)n1C. The fraction of sp³-hybridized carbons (Fsp3) is 0.684. The van der Waals surface area contributed by atoms with Crippen molar-refractivity contribution in [2.75, 3.05) is 33.4 Å². The van der Waals surface area contributed by atoms with E-state index in [0.29, 0.717) is 12.2 Å². The van der Waals surface area contributed by atoms with Gasteiger partial charge in [0.25, 0.3) is 5.91 Å². The second-order valence-corrected chi connectivity index (χ2v) is 7.22. The molecule has 26 heavy (non-hydrogen) atoms. The summed E-state index contributed by atoms with van der Waals surface area (Å²) in [5.74, 6) is 0.00269. The van der Waals surface area contributed by atoms with Gasteiger partial charge in [-0.1, -0.05) is 6.42 Å². The van der Waals surface area contributed by atoms with E-state index < -0.39 is 0 Å². The predicted molar refractivity (Wildman–Crippen MR) is 99.0 cm³/mol. The molecule has 2 fully saturated rings. The fourth-order valence-electron chi connectivity index (χ4n) is 4.03. The number of ether oxygens (including phenoxy) is 1. The number of hydrogen-bond donors (Lipinski definition) is 2. The minimum absolute atomic E-state index is 0.0848. The first-order chi connectivity index (χ1) is 12.6. The Morgan fingerprint density at radius 2 is 1.96 bits per heavy atom. The summed E-state index contributed by atoms with van der Waals surface area (Å²) >= 11 is 0. The Balaban J connectivity index is 1.67. The first kappa shape index (κ1) is 18.9. The van der Waals surface area contributed by atoms with Crippen molar-refractivity contribution >= 4 is 11.8 Å². The third kappa shape index (κ3) is 4.27. The molecule has 0 aliphatic carbocycles. The number of carbonyl (C=O) groups is 2. The van der Waals surface area contributed by atoms with E-state index in [1.807, 2.05) is 23.7 Å². The Kier molecular flexibility index (Phi) is 6.32. The van der Waals surface area contributed by atoms with Crippen LogP contribution in [0.5, 0.6) is 0 Å². The quantitative estimate of drug-likeness (QED) is 0.826. The Morgan fingerprint density at radius 3 is 2.69 bits per heavy atom. The molecule has 2 amide bonds. The van der Waals surface area contributed by atoms with Crippen LogP contribution >= 0.6 is 0 Å². The summed E-state index contributed by atoms with van der Waals surface area (Å²) in [6.45, 7) is 2.76.